The molecule has 2 aliphatic rings. The van der Waals surface area contributed by atoms with Crippen molar-refractivity contribution in [2.75, 3.05) is 7.11 Å². The molecule has 1 aromatic carbocycles. The molecule has 114 valence electrons. The summed E-state index contributed by atoms with van der Waals surface area (Å²) in [7, 11) is 1.69. The molecule has 4 rings (SSSR count). The van der Waals surface area contributed by atoms with E-state index in [2.05, 4.69) is 11.7 Å². The van der Waals surface area contributed by atoms with Crippen LogP contribution in [0.25, 0.3) is 5.69 Å². The minimum atomic E-state index is -0.139. The number of hydrogen-bond acceptors (Lipinski definition) is 4. The van der Waals surface area contributed by atoms with Crippen LogP contribution in [0.2, 0.25) is 0 Å². The van der Waals surface area contributed by atoms with Gasteiger partial charge < -0.3 is 4.74 Å². The van der Waals surface area contributed by atoms with Crippen LogP contribution in [-0.2, 0) is 17.7 Å². The van der Waals surface area contributed by atoms with E-state index >= 15 is 0 Å². The largest absolute Gasteiger partial charge is 0.494 e. The molecule has 0 radical (unpaired) electrons. The first-order valence-corrected chi connectivity index (χ1v) is 7.69. The molecule has 5 heteroatoms. The SMILES string of the molecule is COc1c(C2C=CNO2)cccc1-n1cc2c(n1)CCCC2. The minimum absolute atomic E-state index is 0.139. The average molecular weight is 297 g/mol. The molecule has 0 saturated carbocycles. The summed E-state index contributed by atoms with van der Waals surface area (Å²) in [5, 5.41) is 4.76. The maximum Gasteiger partial charge on any atom is 0.150 e. The molecular weight excluding hydrogens is 278 g/mol. The van der Waals surface area contributed by atoms with Crippen molar-refractivity contribution >= 4 is 0 Å². The van der Waals surface area contributed by atoms with Crippen LogP contribution in [0, 0.1) is 0 Å². The number of methoxy groups -OCH3 is 1. The summed E-state index contributed by atoms with van der Waals surface area (Å²) in [6, 6.07) is 6.07. The van der Waals surface area contributed by atoms with Crippen LogP contribution in [0.5, 0.6) is 5.75 Å². The number of aryl methyl sites for hydroxylation is 2. The van der Waals surface area contributed by atoms with Crippen molar-refractivity contribution in [2.45, 2.75) is 31.8 Å². The summed E-state index contributed by atoms with van der Waals surface area (Å²) >= 11 is 0. The Labute approximate surface area is 129 Å². The van der Waals surface area contributed by atoms with Crippen LogP contribution in [0.4, 0.5) is 0 Å². The van der Waals surface area contributed by atoms with Gasteiger partial charge in [-0.1, -0.05) is 12.1 Å². The zero-order valence-electron chi connectivity index (χ0n) is 12.6. The Morgan fingerprint density at radius 3 is 3.00 bits per heavy atom. The van der Waals surface area contributed by atoms with Crippen molar-refractivity contribution in [3.8, 4) is 11.4 Å². The Kier molecular flexibility index (Phi) is 3.35. The molecule has 1 unspecified atom stereocenters. The Balaban J connectivity index is 1.79. The molecule has 0 bridgehead atoms. The quantitative estimate of drug-likeness (QED) is 0.946. The first kappa shape index (κ1) is 13.4. The van der Waals surface area contributed by atoms with Gasteiger partial charge in [-0.05, 0) is 43.4 Å². The Hall–Kier alpha value is -2.27. The molecule has 0 fully saturated rings. The highest BCUT2D eigenvalue weighted by Gasteiger charge is 2.22. The normalized spacial score (nSPS) is 19.8. The molecule has 0 saturated heterocycles. The number of para-hydroxylation sites is 1. The van der Waals surface area contributed by atoms with E-state index in [0.29, 0.717) is 0 Å². The number of aromatic nitrogens is 2. The van der Waals surface area contributed by atoms with Crippen LogP contribution in [0.3, 0.4) is 0 Å². The van der Waals surface area contributed by atoms with Gasteiger partial charge in [0.1, 0.15) is 11.8 Å². The van der Waals surface area contributed by atoms with Crippen LogP contribution in [0.15, 0.2) is 36.7 Å². The molecule has 2 heterocycles. The lowest BCUT2D eigenvalue weighted by Crippen LogP contribution is -2.08. The molecule has 1 aromatic heterocycles. The van der Waals surface area contributed by atoms with Gasteiger partial charge in [-0.15, -0.1) is 0 Å². The second kappa shape index (κ2) is 5.50. The van der Waals surface area contributed by atoms with Crippen LogP contribution >= 0.6 is 0 Å². The van der Waals surface area contributed by atoms with Gasteiger partial charge in [0.05, 0.1) is 12.8 Å². The highest BCUT2D eigenvalue weighted by Crippen LogP contribution is 2.35. The third-order valence-electron chi connectivity index (χ3n) is 4.30. The highest BCUT2D eigenvalue weighted by atomic mass is 16.7. The van der Waals surface area contributed by atoms with E-state index in [0.717, 1.165) is 29.8 Å². The number of nitrogens with one attached hydrogen (secondary N) is 1. The molecule has 5 nitrogen and oxygen atoms in total. The van der Waals surface area contributed by atoms with Gasteiger partial charge in [-0.2, -0.15) is 5.10 Å². The fourth-order valence-corrected chi connectivity index (χ4v) is 3.21. The smallest absolute Gasteiger partial charge is 0.150 e. The molecular formula is C17H19N3O2. The lowest BCUT2D eigenvalue weighted by Gasteiger charge is -2.16. The van der Waals surface area contributed by atoms with Gasteiger partial charge in [0.25, 0.3) is 0 Å². The molecule has 1 aliphatic heterocycles. The number of nitrogens with zero attached hydrogens (tertiary/aromatic N) is 2. The predicted octanol–water partition coefficient (Wildman–Crippen LogP) is 2.85. The fourth-order valence-electron chi connectivity index (χ4n) is 3.21. The van der Waals surface area contributed by atoms with Gasteiger partial charge in [0.2, 0.25) is 0 Å². The van der Waals surface area contributed by atoms with E-state index in [1.165, 1.54) is 24.1 Å². The van der Waals surface area contributed by atoms with E-state index in [1.807, 2.05) is 29.0 Å². The molecule has 1 atom stereocenters. The van der Waals surface area contributed by atoms with Crippen LogP contribution in [0.1, 0.15) is 35.8 Å². The third-order valence-corrected chi connectivity index (χ3v) is 4.30. The average Bonchev–Trinajstić information content (AvgIpc) is 3.23. The zero-order chi connectivity index (χ0) is 14.9. The van der Waals surface area contributed by atoms with Crippen molar-refractivity contribution in [1.29, 1.82) is 0 Å². The first-order chi connectivity index (χ1) is 10.9. The predicted molar refractivity (Wildman–Crippen MR) is 82.9 cm³/mol. The molecule has 22 heavy (non-hydrogen) atoms. The Morgan fingerprint density at radius 2 is 2.23 bits per heavy atom. The first-order valence-electron chi connectivity index (χ1n) is 7.69. The summed E-state index contributed by atoms with van der Waals surface area (Å²) < 4.78 is 7.62. The number of fused-ring (bicyclic) bond motifs is 1. The minimum Gasteiger partial charge on any atom is -0.494 e. The summed E-state index contributed by atoms with van der Waals surface area (Å²) in [5.74, 6) is 0.806. The lowest BCUT2D eigenvalue weighted by molar-refractivity contribution is 0.0456. The van der Waals surface area contributed by atoms with Crippen LogP contribution in [-0.4, -0.2) is 16.9 Å². The molecule has 1 N–H and O–H groups in total. The second-order valence-corrected chi connectivity index (χ2v) is 5.67. The molecule has 0 spiro atoms. The van der Waals surface area contributed by atoms with E-state index in [9.17, 15) is 0 Å². The number of rotatable bonds is 3. The van der Waals surface area contributed by atoms with Crippen molar-refractivity contribution in [3.63, 3.8) is 0 Å². The standard InChI is InChI=1S/C17H19N3O2/c1-21-17-13(16-9-10-18-22-16)6-4-8-15(17)20-11-12-5-2-3-7-14(12)19-20/h4,6,8-11,16,18H,2-3,5,7H2,1H3. The third kappa shape index (κ3) is 2.18. The summed E-state index contributed by atoms with van der Waals surface area (Å²) in [4.78, 5) is 5.48. The summed E-state index contributed by atoms with van der Waals surface area (Å²) in [6.45, 7) is 0. The second-order valence-electron chi connectivity index (χ2n) is 5.67. The fraction of sp³-hybridized carbons (Fsp3) is 0.353. The van der Waals surface area contributed by atoms with Crippen molar-refractivity contribution in [2.24, 2.45) is 0 Å². The van der Waals surface area contributed by atoms with Crippen molar-refractivity contribution in [3.05, 3.63) is 53.5 Å². The van der Waals surface area contributed by atoms with E-state index in [1.54, 1.807) is 13.3 Å². The number of benzene rings is 1. The van der Waals surface area contributed by atoms with E-state index < -0.39 is 0 Å². The number of ether oxygens (including phenoxy) is 1. The van der Waals surface area contributed by atoms with Crippen molar-refractivity contribution < 1.29 is 9.57 Å². The van der Waals surface area contributed by atoms with Crippen LogP contribution < -0.4 is 10.2 Å². The van der Waals surface area contributed by atoms with Gasteiger partial charge in [0, 0.05) is 18.0 Å². The number of hydrogen-bond donors (Lipinski definition) is 1. The summed E-state index contributed by atoms with van der Waals surface area (Å²) in [5.41, 5.74) is 7.29. The van der Waals surface area contributed by atoms with E-state index in [-0.39, 0.29) is 6.10 Å². The monoisotopic (exact) mass is 297 g/mol. The lowest BCUT2D eigenvalue weighted by atomic mass is 9.99. The van der Waals surface area contributed by atoms with Gasteiger partial charge >= 0.3 is 0 Å². The molecule has 2 aromatic rings. The molecule has 0 amide bonds. The zero-order valence-corrected chi connectivity index (χ0v) is 12.6. The van der Waals surface area contributed by atoms with Gasteiger partial charge in [-0.3, -0.25) is 10.3 Å². The van der Waals surface area contributed by atoms with Crippen molar-refractivity contribution in [1.82, 2.24) is 15.3 Å². The number of hydroxylamine groups is 1. The topological polar surface area (TPSA) is 48.3 Å². The maximum absolute atomic E-state index is 5.67. The highest BCUT2D eigenvalue weighted by molar-refractivity contribution is 5.53. The Bertz CT molecular complexity index is 697. The van der Waals surface area contributed by atoms with E-state index in [4.69, 9.17) is 14.7 Å². The Morgan fingerprint density at radius 1 is 1.32 bits per heavy atom. The van der Waals surface area contributed by atoms with Gasteiger partial charge in [0.15, 0.2) is 5.75 Å². The summed E-state index contributed by atoms with van der Waals surface area (Å²) in [6.07, 6.45) is 10.4. The van der Waals surface area contributed by atoms with Gasteiger partial charge in [-0.25, -0.2) is 4.68 Å². The molecule has 1 aliphatic carbocycles. The maximum atomic E-state index is 5.67.